The van der Waals surface area contributed by atoms with Gasteiger partial charge in [0.05, 0.1) is 76.2 Å². The highest BCUT2D eigenvalue weighted by Gasteiger charge is 2.48. The number of ether oxygens (including phenoxy) is 5. The average Bonchev–Trinajstić information content (AvgIpc) is 4.21. The van der Waals surface area contributed by atoms with Gasteiger partial charge in [0, 0.05) is 43.4 Å². The fourth-order valence-electron chi connectivity index (χ4n) is 10.1. The minimum absolute atomic E-state index is 0.00225. The standard InChI is InChI=1S/C51H63N7O18S/c52-77(69,70)74-27-32-24-31(25-38(32)59)34-7-8-35-44(34)57(28-54-49(35)56-36-9-6-30-3-1-2-4-33(30)36)26-29-5-10-39(75-51-47(66)45(64)46(65)48(76-51)50(67)68)37(23-29)55-41(61)13-15-53-40(60)14-17-71-19-21-73-22-20-72-18-16-58-42(62)11-12-43(58)63/h1-5,7-8,10-12,23,28,31-32,34,36,38,45-48,51,59,64-66H,6,9,13-22,24-27H2,(H5,52,53,55,60,61,67,68,69,70)/p+1/t31-,32+,34?,36+,38+,45-,46-,47+,48-,51+/m0/s1. The van der Waals surface area contributed by atoms with Crippen molar-refractivity contribution in [3.8, 4) is 5.75 Å². The Labute approximate surface area is 443 Å². The molecule has 2 aliphatic heterocycles. The highest BCUT2D eigenvalue weighted by molar-refractivity contribution is 7.84. The predicted octanol–water partition coefficient (Wildman–Crippen LogP) is -0.685. The Bertz CT molecular complexity index is 2800. The molecule has 4 amide bonds. The van der Waals surface area contributed by atoms with E-state index in [1.807, 2.05) is 28.9 Å². The van der Waals surface area contributed by atoms with Crippen LogP contribution in [0.15, 0.2) is 67.0 Å². The van der Waals surface area contributed by atoms with Crippen molar-refractivity contribution in [2.24, 2.45) is 17.0 Å². The molecule has 0 radical (unpaired) electrons. The molecule has 10 atom stereocenters. The highest BCUT2D eigenvalue weighted by atomic mass is 32.2. The first-order chi connectivity index (χ1) is 36.9. The zero-order valence-electron chi connectivity index (χ0n) is 41.9. The van der Waals surface area contributed by atoms with E-state index in [-0.39, 0.29) is 126 Å². The molecule has 10 N–H and O–H groups in total. The average molecular weight is 1100 g/mol. The quantitative estimate of drug-likeness (QED) is 0.0259. The van der Waals surface area contributed by atoms with Crippen molar-refractivity contribution in [1.29, 1.82) is 0 Å². The maximum absolute atomic E-state index is 13.6. The molecule has 3 aliphatic carbocycles. The van der Waals surface area contributed by atoms with Gasteiger partial charge in [0.2, 0.25) is 18.1 Å². The second-order valence-corrected chi connectivity index (χ2v) is 20.5. The molecule has 416 valence electrons. The molecule has 1 unspecified atom stereocenters. The molecule has 1 saturated carbocycles. The number of carboxylic acids is 1. The number of hydrogen-bond acceptors (Lipinski definition) is 19. The largest absolute Gasteiger partial charge is 0.479 e. The molecule has 3 aromatic rings. The topological polar surface area (TPSA) is 358 Å². The van der Waals surface area contributed by atoms with E-state index in [0.717, 1.165) is 29.0 Å². The Balaban J connectivity index is 0.920. The van der Waals surface area contributed by atoms with Crippen LogP contribution >= 0.6 is 0 Å². The third-order valence-electron chi connectivity index (χ3n) is 14.0. The molecule has 5 aliphatic rings. The number of carbonyl (C=O) groups is 5. The Hall–Kier alpha value is -6.30. The molecular weight excluding hydrogens is 1030 g/mol. The summed E-state index contributed by atoms with van der Waals surface area (Å²) in [5.74, 6) is -3.71. The lowest BCUT2D eigenvalue weighted by Gasteiger charge is -2.38. The Morgan fingerprint density at radius 3 is 2.34 bits per heavy atom. The summed E-state index contributed by atoms with van der Waals surface area (Å²) in [4.78, 5) is 67.3. The number of imide groups is 1. The minimum Gasteiger partial charge on any atom is -0.479 e. The van der Waals surface area contributed by atoms with E-state index < -0.39 is 64.9 Å². The van der Waals surface area contributed by atoms with Crippen LogP contribution in [0.5, 0.6) is 5.75 Å². The summed E-state index contributed by atoms with van der Waals surface area (Å²) in [6, 6.07) is 12.9. The molecule has 3 heterocycles. The molecule has 25 nitrogen and oxygen atoms in total. The number of allylic oxidation sites excluding steroid dienone is 1. The Kier molecular flexibility index (Phi) is 19.1. The third-order valence-corrected chi connectivity index (χ3v) is 14.5. The van der Waals surface area contributed by atoms with E-state index in [2.05, 4.69) is 28.1 Å². The van der Waals surface area contributed by atoms with Crippen LogP contribution in [0, 0.1) is 11.8 Å². The molecule has 77 heavy (non-hydrogen) atoms. The highest BCUT2D eigenvalue weighted by Crippen LogP contribution is 2.46. The van der Waals surface area contributed by atoms with E-state index in [1.54, 1.807) is 18.5 Å². The minimum atomic E-state index is -4.24. The third kappa shape index (κ3) is 14.6. The van der Waals surface area contributed by atoms with E-state index in [0.29, 0.717) is 24.2 Å². The maximum atomic E-state index is 13.6. The number of aliphatic carboxylic acids is 1. The number of rotatable bonds is 27. The summed E-state index contributed by atoms with van der Waals surface area (Å²) in [6.45, 7) is 1.10. The number of aliphatic hydroxyl groups is 4. The van der Waals surface area contributed by atoms with Crippen LogP contribution in [0.1, 0.15) is 72.0 Å². The number of anilines is 2. The number of aryl methyl sites for hydroxylation is 1. The second-order valence-electron chi connectivity index (χ2n) is 19.3. The number of nitrogens with one attached hydrogen (secondary N) is 3. The SMILES string of the molecule is NS(=O)(=O)OC[C@H]1C[C@H](C2C=Cc3c(N[C@@H]4CCc5ccccc54)nc[n+](Cc4ccc(O[C@@H]5O[C@H](C(=O)O)[C@@H](O)[C@H](O)[C@H]5O)c(NC(=O)CCNC(=O)CCOCCOCCOCCN5C(=O)C=CC5=O)c4)c32)C[C@H]1O. The van der Waals surface area contributed by atoms with Crippen molar-refractivity contribution in [1.82, 2.24) is 15.2 Å². The number of carboxylic acid groups (broad SMARTS) is 1. The number of amides is 4. The lowest BCUT2D eigenvalue weighted by molar-refractivity contribution is -0.699. The van der Waals surface area contributed by atoms with Crippen molar-refractivity contribution in [3.05, 3.63) is 95.0 Å². The summed E-state index contributed by atoms with van der Waals surface area (Å²) in [7, 11) is -4.24. The van der Waals surface area contributed by atoms with Gasteiger partial charge >= 0.3 is 16.3 Å². The molecule has 0 bridgehead atoms. The predicted molar refractivity (Wildman–Crippen MR) is 268 cm³/mol. The summed E-state index contributed by atoms with van der Waals surface area (Å²) in [5.41, 5.74) is 4.75. The second kappa shape index (κ2) is 25.9. The number of carbonyl (C=O) groups excluding carboxylic acids is 4. The normalized spacial score (nSPS) is 25.5. The smallest absolute Gasteiger partial charge is 0.335 e. The number of nitrogens with two attached hydrogens (primary N) is 1. The van der Waals surface area contributed by atoms with Gasteiger partial charge in [-0.3, -0.25) is 28.3 Å². The van der Waals surface area contributed by atoms with Gasteiger partial charge in [0.15, 0.2) is 6.10 Å². The van der Waals surface area contributed by atoms with Crippen molar-refractivity contribution in [2.45, 2.75) is 93.8 Å². The summed E-state index contributed by atoms with van der Waals surface area (Å²) < 4.78 is 57.8. The number of aromatic nitrogens is 2. The number of nitrogens with zero attached hydrogens (tertiary/aromatic N) is 3. The van der Waals surface area contributed by atoms with E-state index in [1.165, 1.54) is 29.3 Å². The van der Waals surface area contributed by atoms with Crippen LogP contribution in [0.2, 0.25) is 0 Å². The lowest BCUT2D eigenvalue weighted by Crippen LogP contribution is -2.61. The first-order valence-corrected chi connectivity index (χ1v) is 26.8. The van der Waals surface area contributed by atoms with Gasteiger partial charge in [-0.2, -0.15) is 8.42 Å². The summed E-state index contributed by atoms with van der Waals surface area (Å²) >= 11 is 0. The van der Waals surface area contributed by atoms with Crippen LogP contribution in [0.3, 0.4) is 0 Å². The van der Waals surface area contributed by atoms with E-state index >= 15 is 0 Å². The van der Waals surface area contributed by atoms with Crippen molar-refractivity contribution in [3.63, 3.8) is 0 Å². The van der Waals surface area contributed by atoms with Crippen molar-refractivity contribution in [2.75, 3.05) is 70.0 Å². The number of benzene rings is 2. The van der Waals surface area contributed by atoms with Crippen molar-refractivity contribution < 1.29 is 90.4 Å². The maximum Gasteiger partial charge on any atom is 0.335 e. The molecule has 26 heteroatoms. The van der Waals surface area contributed by atoms with E-state index in [9.17, 15) is 57.9 Å². The molecule has 2 aromatic carbocycles. The summed E-state index contributed by atoms with van der Waals surface area (Å²) in [5, 5.41) is 66.6. The van der Waals surface area contributed by atoms with Gasteiger partial charge in [-0.05, 0) is 71.5 Å². The van der Waals surface area contributed by atoms with Gasteiger partial charge in [-0.25, -0.2) is 14.5 Å². The summed E-state index contributed by atoms with van der Waals surface area (Å²) in [6.07, 6.45) is -0.0669. The Morgan fingerprint density at radius 2 is 1.60 bits per heavy atom. The number of fused-ring (bicyclic) bond motifs is 2. The zero-order valence-corrected chi connectivity index (χ0v) is 42.7. The van der Waals surface area contributed by atoms with Crippen LogP contribution in [-0.2, 0) is 70.4 Å². The molecule has 1 saturated heterocycles. The van der Waals surface area contributed by atoms with Crippen LogP contribution in [-0.4, -0.2) is 170 Å². The van der Waals surface area contributed by atoms with E-state index in [4.69, 9.17) is 38.0 Å². The molecule has 1 aromatic heterocycles. The first-order valence-electron chi connectivity index (χ1n) is 25.3. The molecule has 2 fully saturated rings. The van der Waals surface area contributed by atoms with Crippen LogP contribution in [0.25, 0.3) is 6.08 Å². The monoisotopic (exact) mass is 1090 g/mol. The molecule has 8 rings (SSSR count). The lowest BCUT2D eigenvalue weighted by atomic mass is 9.88. The van der Waals surface area contributed by atoms with Crippen LogP contribution in [0.4, 0.5) is 11.5 Å². The van der Waals surface area contributed by atoms with Gasteiger partial charge in [0.1, 0.15) is 36.3 Å². The van der Waals surface area contributed by atoms with Gasteiger partial charge in [-0.1, -0.05) is 36.4 Å². The van der Waals surface area contributed by atoms with Gasteiger partial charge in [0.25, 0.3) is 24.0 Å². The number of hydrogen-bond donors (Lipinski definition) is 9. The van der Waals surface area contributed by atoms with Crippen LogP contribution < -0.4 is 30.4 Å². The molecular formula is C51H64N7O18S+. The Morgan fingerprint density at radius 1 is 0.870 bits per heavy atom. The molecule has 0 spiro atoms. The zero-order chi connectivity index (χ0) is 54.8. The van der Waals surface area contributed by atoms with Crippen molar-refractivity contribution >= 4 is 57.5 Å². The fraction of sp³-hybridized carbons (Fsp3) is 0.510. The fourth-order valence-corrected chi connectivity index (χ4v) is 10.5. The number of aliphatic hydroxyl groups excluding tert-OH is 4. The van der Waals surface area contributed by atoms with Gasteiger partial charge in [-0.15, -0.1) is 0 Å². The first kappa shape index (κ1) is 56.9. The van der Waals surface area contributed by atoms with Gasteiger partial charge < -0.3 is 65.2 Å².